The van der Waals surface area contributed by atoms with Gasteiger partial charge < -0.3 is 15.4 Å². The molecule has 0 saturated carbocycles. The maximum atomic E-state index is 5.73. The number of nitrogens with zero attached hydrogens (tertiary/aromatic N) is 1. The Morgan fingerprint density at radius 3 is 2.33 bits per heavy atom. The van der Waals surface area contributed by atoms with Crippen LogP contribution in [0.5, 0.6) is 0 Å². The molecule has 15 heavy (non-hydrogen) atoms. The van der Waals surface area contributed by atoms with Gasteiger partial charge in [0.25, 0.3) is 0 Å². The number of rotatable bonds is 9. The predicted molar refractivity (Wildman–Crippen MR) is 66.1 cm³/mol. The molecule has 0 rings (SSSR count). The minimum Gasteiger partial charge on any atom is -0.380 e. The summed E-state index contributed by atoms with van der Waals surface area (Å²) in [4.78, 5) is 2.41. The number of hydrogen-bond acceptors (Lipinski definition) is 3. The van der Waals surface area contributed by atoms with E-state index in [4.69, 9.17) is 10.5 Å². The van der Waals surface area contributed by atoms with Gasteiger partial charge in [-0.1, -0.05) is 27.7 Å². The molecule has 0 bridgehead atoms. The molecule has 0 heterocycles. The lowest BCUT2D eigenvalue weighted by atomic mass is 9.93. The van der Waals surface area contributed by atoms with E-state index >= 15 is 0 Å². The summed E-state index contributed by atoms with van der Waals surface area (Å²) in [7, 11) is 0. The Bertz CT molecular complexity index is 149. The van der Waals surface area contributed by atoms with Crippen molar-refractivity contribution in [2.45, 2.75) is 34.1 Å². The molecule has 0 aliphatic rings. The highest BCUT2D eigenvalue weighted by Gasteiger charge is 2.18. The van der Waals surface area contributed by atoms with Crippen molar-refractivity contribution >= 4 is 0 Å². The lowest BCUT2D eigenvalue weighted by molar-refractivity contribution is 0.0914. The van der Waals surface area contributed by atoms with E-state index < -0.39 is 0 Å². The lowest BCUT2D eigenvalue weighted by Gasteiger charge is -2.30. The maximum absolute atomic E-state index is 5.73. The Balaban J connectivity index is 3.72. The molecule has 3 heteroatoms. The van der Waals surface area contributed by atoms with E-state index in [1.807, 2.05) is 0 Å². The van der Waals surface area contributed by atoms with Gasteiger partial charge in [0.15, 0.2) is 0 Å². The molecule has 0 aromatic heterocycles. The number of nitrogens with two attached hydrogens (primary N) is 1. The van der Waals surface area contributed by atoms with Crippen molar-refractivity contribution in [2.24, 2.45) is 11.1 Å². The van der Waals surface area contributed by atoms with Gasteiger partial charge in [-0.3, -0.25) is 0 Å². The van der Waals surface area contributed by atoms with Crippen LogP contribution in [0, 0.1) is 5.41 Å². The normalized spacial score (nSPS) is 12.4. The Morgan fingerprint density at radius 1 is 1.20 bits per heavy atom. The molecule has 2 N–H and O–H groups in total. The first-order valence-electron chi connectivity index (χ1n) is 6.06. The molecule has 3 nitrogen and oxygen atoms in total. The molecule has 0 aromatic rings. The quantitative estimate of drug-likeness (QED) is 0.596. The second-order valence-corrected chi connectivity index (χ2v) is 4.85. The SMILES string of the molecule is CCCOCCN(CC)CC(C)(C)CN. The molecule has 0 fully saturated rings. The Morgan fingerprint density at radius 2 is 1.87 bits per heavy atom. The summed E-state index contributed by atoms with van der Waals surface area (Å²) in [6.45, 7) is 14.3. The molecule has 0 unspecified atom stereocenters. The predicted octanol–water partition coefficient (Wildman–Crippen LogP) is 1.72. The van der Waals surface area contributed by atoms with E-state index in [9.17, 15) is 0 Å². The van der Waals surface area contributed by atoms with Crippen LogP contribution < -0.4 is 5.73 Å². The van der Waals surface area contributed by atoms with Crippen molar-refractivity contribution in [3.63, 3.8) is 0 Å². The summed E-state index contributed by atoms with van der Waals surface area (Å²) in [6, 6.07) is 0. The van der Waals surface area contributed by atoms with Crippen LogP contribution in [0.25, 0.3) is 0 Å². The van der Waals surface area contributed by atoms with Crippen LogP contribution in [-0.4, -0.2) is 44.3 Å². The van der Waals surface area contributed by atoms with E-state index in [2.05, 4.69) is 32.6 Å². The van der Waals surface area contributed by atoms with Crippen molar-refractivity contribution < 1.29 is 4.74 Å². The van der Waals surface area contributed by atoms with Gasteiger partial charge in [-0.2, -0.15) is 0 Å². The van der Waals surface area contributed by atoms with Crippen LogP contribution in [0.4, 0.5) is 0 Å². The average molecular weight is 216 g/mol. The molecule has 0 radical (unpaired) electrons. The van der Waals surface area contributed by atoms with E-state index in [0.717, 1.165) is 45.8 Å². The van der Waals surface area contributed by atoms with E-state index in [1.165, 1.54) is 0 Å². The maximum Gasteiger partial charge on any atom is 0.0593 e. The van der Waals surface area contributed by atoms with Gasteiger partial charge >= 0.3 is 0 Å². The molecular weight excluding hydrogens is 188 g/mol. The third kappa shape index (κ3) is 7.77. The smallest absolute Gasteiger partial charge is 0.0593 e. The third-order valence-electron chi connectivity index (χ3n) is 2.55. The van der Waals surface area contributed by atoms with E-state index in [1.54, 1.807) is 0 Å². The molecule has 0 saturated heterocycles. The first-order chi connectivity index (χ1) is 7.05. The van der Waals surface area contributed by atoms with Gasteiger partial charge in [-0.15, -0.1) is 0 Å². The molecule has 92 valence electrons. The average Bonchev–Trinajstić information content (AvgIpc) is 2.22. The van der Waals surface area contributed by atoms with Gasteiger partial charge in [-0.25, -0.2) is 0 Å². The zero-order valence-corrected chi connectivity index (χ0v) is 10.9. The summed E-state index contributed by atoms with van der Waals surface area (Å²) in [5, 5.41) is 0. The van der Waals surface area contributed by atoms with Crippen molar-refractivity contribution in [2.75, 3.05) is 39.4 Å². The van der Waals surface area contributed by atoms with Gasteiger partial charge in [0.05, 0.1) is 6.61 Å². The van der Waals surface area contributed by atoms with Gasteiger partial charge in [0.1, 0.15) is 0 Å². The summed E-state index contributed by atoms with van der Waals surface area (Å²) in [6.07, 6.45) is 1.10. The fraction of sp³-hybridized carbons (Fsp3) is 1.00. The molecule has 0 aromatic carbocycles. The first-order valence-corrected chi connectivity index (χ1v) is 6.06. The highest BCUT2D eigenvalue weighted by atomic mass is 16.5. The Labute approximate surface area is 95.0 Å². The van der Waals surface area contributed by atoms with Crippen molar-refractivity contribution in [3.05, 3.63) is 0 Å². The molecule has 0 amide bonds. The molecular formula is C12H28N2O. The summed E-state index contributed by atoms with van der Waals surface area (Å²) in [5.74, 6) is 0. The Hall–Kier alpha value is -0.120. The van der Waals surface area contributed by atoms with Gasteiger partial charge in [-0.05, 0) is 24.9 Å². The zero-order chi connectivity index (χ0) is 11.7. The fourth-order valence-corrected chi connectivity index (χ4v) is 1.46. The number of hydrogen-bond donors (Lipinski definition) is 1. The largest absolute Gasteiger partial charge is 0.380 e. The van der Waals surface area contributed by atoms with E-state index in [-0.39, 0.29) is 5.41 Å². The van der Waals surface area contributed by atoms with E-state index in [0.29, 0.717) is 0 Å². The third-order valence-corrected chi connectivity index (χ3v) is 2.55. The summed E-state index contributed by atoms with van der Waals surface area (Å²) in [5.41, 5.74) is 5.94. The molecule has 0 atom stereocenters. The van der Waals surface area contributed by atoms with Crippen LogP contribution in [-0.2, 0) is 4.74 Å². The second kappa shape index (κ2) is 8.08. The lowest BCUT2D eigenvalue weighted by Crippen LogP contribution is -2.40. The number of ether oxygens (including phenoxy) is 1. The van der Waals surface area contributed by atoms with Gasteiger partial charge in [0.2, 0.25) is 0 Å². The van der Waals surface area contributed by atoms with Crippen LogP contribution in [0.3, 0.4) is 0 Å². The Kier molecular flexibility index (Phi) is 8.02. The van der Waals surface area contributed by atoms with Crippen LogP contribution in [0.15, 0.2) is 0 Å². The summed E-state index contributed by atoms with van der Waals surface area (Å²) >= 11 is 0. The molecule has 0 aliphatic heterocycles. The second-order valence-electron chi connectivity index (χ2n) is 4.85. The summed E-state index contributed by atoms with van der Waals surface area (Å²) < 4.78 is 5.49. The molecule has 0 spiro atoms. The molecule has 0 aliphatic carbocycles. The van der Waals surface area contributed by atoms with Crippen LogP contribution in [0.1, 0.15) is 34.1 Å². The first kappa shape index (κ1) is 14.9. The fourth-order valence-electron chi connectivity index (χ4n) is 1.46. The van der Waals surface area contributed by atoms with Crippen molar-refractivity contribution in [3.8, 4) is 0 Å². The monoisotopic (exact) mass is 216 g/mol. The van der Waals surface area contributed by atoms with Gasteiger partial charge in [0, 0.05) is 19.7 Å². The van der Waals surface area contributed by atoms with Crippen LogP contribution in [0.2, 0.25) is 0 Å². The standard InChI is InChI=1S/C12H28N2O/c1-5-8-15-9-7-14(6-2)11-12(3,4)10-13/h5-11,13H2,1-4H3. The minimum absolute atomic E-state index is 0.209. The zero-order valence-electron chi connectivity index (χ0n) is 10.9. The number of likely N-dealkylation sites (N-methyl/N-ethyl adjacent to an activating group) is 1. The topological polar surface area (TPSA) is 38.5 Å². The highest BCUT2D eigenvalue weighted by Crippen LogP contribution is 2.14. The minimum atomic E-state index is 0.209. The van der Waals surface area contributed by atoms with Crippen molar-refractivity contribution in [1.29, 1.82) is 0 Å². The highest BCUT2D eigenvalue weighted by molar-refractivity contribution is 4.74. The van der Waals surface area contributed by atoms with Crippen molar-refractivity contribution in [1.82, 2.24) is 4.90 Å². The van der Waals surface area contributed by atoms with Crippen LogP contribution >= 0.6 is 0 Å².